The molecule has 1 heterocycles. The first-order valence-electron chi connectivity index (χ1n) is 6.48. The van der Waals surface area contributed by atoms with Crippen LogP contribution in [0.2, 0.25) is 0 Å². The Balaban J connectivity index is 1.60. The summed E-state index contributed by atoms with van der Waals surface area (Å²) in [6.07, 6.45) is 8.79. The van der Waals surface area contributed by atoms with Gasteiger partial charge in [0.2, 0.25) is 0 Å². The molecule has 4 nitrogen and oxygen atoms in total. The topological polar surface area (TPSA) is 49.0 Å². The molecule has 0 aromatic carbocycles. The van der Waals surface area contributed by atoms with Gasteiger partial charge in [-0.1, -0.05) is 6.42 Å². The summed E-state index contributed by atoms with van der Waals surface area (Å²) in [7, 11) is 1.90. The van der Waals surface area contributed by atoms with Crippen molar-refractivity contribution >= 4 is 5.91 Å². The number of fused-ring (bicyclic) bond motifs is 2. The summed E-state index contributed by atoms with van der Waals surface area (Å²) in [4.78, 5) is 13.9. The molecule has 0 saturated heterocycles. The minimum absolute atomic E-state index is 0.0847. The fourth-order valence-corrected chi connectivity index (χ4v) is 3.62. The largest absolute Gasteiger partial charge is 0.341 e. The highest BCUT2D eigenvalue weighted by molar-refractivity contribution is 5.93. The van der Waals surface area contributed by atoms with Gasteiger partial charge < -0.3 is 4.90 Å². The number of carbonyl (C=O) groups excluding carboxylic acids is 1. The second-order valence-corrected chi connectivity index (χ2v) is 5.61. The second-order valence-electron chi connectivity index (χ2n) is 5.61. The van der Waals surface area contributed by atoms with Gasteiger partial charge >= 0.3 is 0 Å². The molecule has 3 unspecified atom stereocenters. The smallest absolute Gasteiger partial charge is 0.256 e. The maximum absolute atomic E-state index is 12.1. The summed E-state index contributed by atoms with van der Waals surface area (Å²) >= 11 is 0. The molecule has 2 bridgehead atoms. The monoisotopic (exact) mass is 233 g/mol. The molecule has 2 saturated carbocycles. The van der Waals surface area contributed by atoms with E-state index in [0.29, 0.717) is 5.56 Å². The lowest BCUT2D eigenvalue weighted by Gasteiger charge is -2.27. The van der Waals surface area contributed by atoms with Crippen molar-refractivity contribution in [3.8, 4) is 0 Å². The number of nitrogens with one attached hydrogen (secondary N) is 1. The molecule has 4 heteroatoms. The van der Waals surface area contributed by atoms with Crippen LogP contribution in [-0.2, 0) is 0 Å². The zero-order chi connectivity index (χ0) is 11.8. The lowest BCUT2D eigenvalue weighted by Crippen LogP contribution is -2.33. The summed E-state index contributed by atoms with van der Waals surface area (Å²) in [5.41, 5.74) is 0.663. The van der Waals surface area contributed by atoms with Gasteiger partial charge in [0, 0.05) is 19.8 Å². The molecular formula is C13H19N3O. The Bertz CT molecular complexity index is 401. The van der Waals surface area contributed by atoms with E-state index in [1.807, 2.05) is 11.9 Å². The Morgan fingerprint density at radius 3 is 3.00 bits per heavy atom. The van der Waals surface area contributed by atoms with Crippen LogP contribution in [0, 0.1) is 17.8 Å². The van der Waals surface area contributed by atoms with Crippen molar-refractivity contribution in [3.63, 3.8) is 0 Å². The average molecular weight is 233 g/mol. The van der Waals surface area contributed by atoms with Gasteiger partial charge in [-0.25, -0.2) is 0 Å². The summed E-state index contributed by atoms with van der Waals surface area (Å²) < 4.78 is 0. The van der Waals surface area contributed by atoms with Crippen LogP contribution >= 0.6 is 0 Å². The lowest BCUT2D eigenvalue weighted by molar-refractivity contribution is 0.0754. The van der Waals surface area contributed by atoms with Gasteiger partial charge in [0.1, 0.15) is 0 Å². The van der Waals surface area contributed by atoms with E-state index in [1.54, 1.807) is 12.4 Å². The second kappa shape index (κ2) is 4.17. The molecule has 1 N–H and O–H groups in total. The molecule has 17 heavy (non-hydrogen) atoms. The Hall–Kier alpha value is -1.32. The van der Waals surface area contributed by atoms with Crippen LogP contribution in [0.25, 0.3) is 0 Å². The van der Waals surface area contributed by atoms with Gasteiger partial charge in [-0.15, -0.1) is 0 Å². The third-order valence-corrected chi connectivity index (χ3v) is 4.48. The molecule has 1 amide bonds. The van der Waals surface area contributed by atoms with E-state index in [4.69, 9.17) is 0 Å². The molecular weight excluding hydrogens is 214 g/mol. The number of nitrogens with zero attached hydrogens (tertiary/aromatic N) is 2. The van der Waals surface area contributed by atoms with Gasteiger partial charge in [0.15, 0.2) is 0 Å². The van der Waals surface area contributed by atoms with Gasteiger partial charge in [-0.2, -0.15) is 5.10 Å². The molecule has 3 rings (SSSR count). The zero-order valence-electron chi connectivity index (χ0n) is 10.2. The first-order chi connectivity index (χ1) is 8.24. The van der Waals surface area contributed by atoms with E-state index in [0.717, 1.165) is 24.3 Å². The van der Waals surface area contributed by atoms with E-state index in [-0.39, 0.29) is 5.91 Å². The fourth-order valence-electron chi connectivity index (χ4n) is 3.62. The third-order valence-electron chi connectivity index (χ3n) is 4.48. The molecule has 1 aromatic heterocycles. The Kier molecular flexibility index (Phi) is 2.65. The molecule has 3 atom stereocenters. The van der Waals surface area contributed by atoms with Crippen molar-refractivity contribution in [2.75, 3.05) is 13.6 Å². The van der Waals surface area contributed by atoms with Gasteiger partial charge in [0.25, 0.3) is 5.91 Å². The van der Waals surface area contributed by atoms with Crippen LogP contribution in [0.1, 0.15) is 36.0 Å². The van der Waals surface area contributed by atoms with Crippen LogP contribution in [-0.4, -0.2) is 34.6 Å². The maximum atomic E-state index is 12.1. The van der Waals surface area contributed by atoms with Crippen molar-refractivity contribution in [2.24, 2.45) is 17.8 Å². The normalized spacial score (nSPS) is 30.8. The highest BCUT2D eigenvalue weighted by Crippen LogP contribution is 2.48. The average Bonchev–Trinajstić information content (AvgIpc) is 3.04. The van der Waals surface area contributed by atoms with Gasteiger partial charge in [-0.05, 0) is 37.0 Å². The maximum Gasteiger partial charge on any atom is 0.256 e. The fraction of sp³-hybridized carbons (Fsp3) is 0.692. The van der Waals surface area contributed by atoms with E-state index >= 15 is 0 Å². The molecule has 92 valence electrons. The van der Waals surface area contributed by atoms with Gasteiger partial charge in [-0.3, -0.25) is 9.89 Å². The Morgan fingerprint density at radius 1 is 1.53 bits per heavy atom. The summed E-state index contributed by atoms with van der Waals surface area (Å²) in [6, 6.07) is 0. The van der Waals surface area contributed by atoms with E-state index < -0.39 is 0 Å². The summed E-state index contributed by atoms with van der Waals surface area (Å²) in [5.74, 6) is 2.64. The Morgan fingerprint density at radius 2 is 2.41 bits per heavy atom. The third kappa shape index (κ3) is 1.96. The number of carbonyl (C=O) groups is 1. The van der Waals surface area contributed by atoms with Crippen LogP contribution in [0.3, 0.4) is 0 Å². The lowest BCUT2D eigenvalue weighted by atomic mass is 9.88. The first kappa shape index (κ1) is 10.8. The number of aromatic nitrogens is 2. The molecule has 2 aliphatic carbocycles. The summed E-state index contributed by atoms with van der Waals surface area (Å²) in [6.45, 7) is 0.908. The predicted octanol–water partition coefficient (Wildman–Crippen LogP) is 1.92. The van der Waals surface area contributed by atoms with E-state index in [9.17, 15) is 4.79 Å². The summed E-state index contributed by atoms with van der Waals surface area (Å²) in [5, 5.41) is 6.51. The van der Waals surface area contributed by atoms with Crippen molar-refractivity contribution in [1.82, 2.24) is 15.1 Å². The zero-order valence-corrected chi connectivity index (χ0v) is 10.2. The number of H-pyrrole nitrogens is 1. The number of hydrogen-bond donors (Lipinski definition) is 1. The van der Waals surface area contributed by atoms with Crippen molar-refractivity contribution in [3.05, 3.63) is 18.0 Å². The van der Waals surface area contributed by atoms with Crippen LogP contribution in [0.15, 0.2) is 12.4 Å². The molecule has 2 aliphatic rings. The predicted molar refractivity (Wildman–Crippen MR) is 64.5 cm³/mol. The Labute approximate surface area is 101 Å². The number of hydrogen-bond acceptors (Lipinski definition) is 2. The molecule has 0 aliphatic heterocycles. The van der Waals surface area contributed by atoms with Crippen molar-refractivity contribution in [1.29, 1.82) is 0 Å². The molecule has 1 aromatic rings. The van der Waals surface area contributed by atoms with Crippen molar-refractivity contribution < 1.29 is 4.79 Å². The standard InChI is InChI=1S/C13H19N3O/c1-16(13(17)12-6-14-15-7-12)8-11-5-9-2-3-10(11)4-9/h6-7,9-11H,2-5,8H2,1H3,(H,14,15). The van der Waals surface area contributed by atoms with Crippen molar-refractivity contribution in [2.45, 2.75) is 25.7 Å². The minimum atomic E-state index is 0.0847. The van der Waals surface area contributed by atoms with Gasteiger partial charge in [0.05, 0.1) is 11.8 Å². The molecule has 0 radical (unpaired) electrons. The van der Waals surface area contributed by atoms with E-state index in [1.165, 1.54) is 25.7 Å². The van der Waals surface area contributed by atoms with Crippen LogP contribution < -0.4 is 0 Å². The minimum Gasteiger partial charge on any atom is -0.341 e. The SMILES string of the molecule is CN(CC1CC2CCC1C2)C(=O)c1cn[nH]c1. The number of rotatable bonds is 3. The first-order valence-corrected chi connectivity index (χ1v) is 6.48. The molecule has 2 fully saturated rings. The quantitative estimate of drug-likeness (QED) is 0.867. The number of aromatic amines is 1. The molecule has 0 spiro atoms. The highest BCUT2D eigenvalue weighted by Gasteiger charge is 2.40. The van der Waals surface area contributed by atoms with Crippen LogP contribution in [0.5, 0.6) is 0 Å². The number of amides is 1. The van der Waals surface area contributed by atoms with Crippen LogP contribution in [0.4, 0.5) is 0 Å². The van der Waals surface area contributed by atoms with E-state index in [2.05, 4.69) is 10.2 Å². The highest BCUT2D eigenvalue weighted by atomic mass is 16.2.